The first-order valence-corrected chi connectivity index (χ1v) is 9.56. The smallest absolute Gasteiger partial charge is 0.270 e. The summed E-state index contributed by atoms with van der Waals surface area (Å²) in [4.78, 5) is 36.5. The van der Waals surface area contributed by atoms with E-state index in [1.165, 1.54) is 0 Å². The summed E-state index contributed by atoms with van der Waals surface area (Å²) in [6, 6.07) is 9.55. The molecule has 0 saturated carbocycles. The lowest BCUT2D eigenvalue weighted by molar-refractivity contribution is -0.124. The zero-order chi connectivity index (χ0) is 19.1. The molecule has 2 atom stereocenters. The number of nitrogens with zero attached hydrogens (tertiary/aromatic N) is 3. The summed E-state index contributed by atoms with van der Waals surface area (Å²) >= 11 is 0. The van der Waals surface area contributed by atoms with Crippen molar-refractivity contribution in [3.05, 3.63) is 41.6 Å². The second-order valence-corrected chi connectivity index (χ2v) is 7.41. The van der Waals surface area contributed by atoms with E-state index in [0.717, 1.165) is 16.9 Å². The minimum atomic E-state index is -0.254. The molecule has 144 valence electrons. The van der Waals surface area contributed by atoms with Crippen molar-refractivity contribution in [2.24, 2.45) is 5.92 Å². The number of aromatic nitrogens is 2. The van der Waals surface area contributed by atoms with Crippen LogP contribution in [0.3, 0.4) is 0 Å². The number of benzene rings is 1. The maximum absolute atomic E-state index is 12.5. The van der Waals surface area contributed by atoms with Gasteiger partial charge in [0.2, 0.25) is 5.91 Å². The molecule has 2 aromatic rings. The summed E-state index contributed by atoms with van der Waals surface area (Å²) in [5.74, 6) is 0.878. The van der Waals surface area contributed by atoms with Crippen LogP contribution in [-0.4, -0.2) is 60.7 Å². The van der Waals surface area contributed by atoms with Crippen molar-refractivity contribution in [3.63, 3.8) is 0 Å². The van der Waals surface area contributed by atoms with Gasteiger partial charge in [0, 0.05) is 30.8 Å². The first-order chi connectivity index (χ1) is 13.7. The third-order valence-electron chi connectivity index (χ3n) is 5.43. The van der Waals surface area contributed by atoms with Gasteiger partial charge in [0.25, 0.3) is 5.91 Å². The molecule has 1 aromatic heterocycles. The highest BCUT2D eigenvalue weighted by atomic mass is 16.5. The van der Waals surface area contributed by atoms with Gasteiger partial charge >= 0.3 is 0 Å². The highest BCUT2D eigenvalue weighted by molar-refractivity contribution is 5.96. The van der Waals surface area contributed by atoms with E-state index in [4.69, 9.17) is 9.72 Å². The third-order valence-corrected chi connectivity index (χ3v) is 5.43. The fourth-order valence-corrected chi connectivity index (χ4v) is 4.06. The zero-order valence-corrected chi connectivity index (χ0v) is 15.4. The van der Waals surface area contributed by atoms with Gasteiger partial charge in [-0.3, -0.25) is 9.59 Å². The van der Waals surface area contributed by atoms with E-state index in [1.807, 2.05) is 30.3 Å². The molecule has 8 heteroatoms. The van der Waals surface area contributed by atoms with Gasteiger partial charge in [-0.1, -0.05) is 30.3 Å². The van der Waals surface area contributed by atoms with Gasteiger partial charge in [-0.2, -0.15) is 0 Å². The van der Waals surface area contributed by atoms with E-state index in [2.05, 4.69) is 20.5 Å². The molecule has 2 N–H and O–H groups in total. The molecule has 0 radical (unpaired) electrons. The van der Waals surface area contributed by atoms with E-state index in [1.54, 1.807) is 0 Å². The molecule has 3 aliphatic rings. The minimum Gasteiger partial charge on any atom is -0.378 e. The SMILES string of the molecule is O=C1NCCc2c1nc(-c1ccccc1)nc2N1C[C@H]2COC[C@@H](C1)C(=O)N2. The van der Waals surface area contributed by atoms with Gasteiger partial charge in [-0.05, 0) is 6.42 Å². The van der Waals surface area contributed by atoms with Crippen LogP contribution < -0.4 is 15.5 Å². The topological polar surface area (TPSA) is 96.5 Å². The van der Waals surface area contributed by atoms with Crippen LogP contribution in [0.4, 0.5) is 5.82 Å². The lowest BCUT2D eigenvalue weighted by atomic mass is 10.0. The number of hydrogen-bond donors (Lipinski definition) is 2. The highest BCUT2D eigenvalue weighted by Crippen LogP contribution is 2.29. The number of anilines is 1. The van der Waals surface area contributed by atoms with Gasteiger partial charge in [0.15, 0.2) is 5.82 Å². The first kappa shape index (κ1) is 17.1. The number of fused-ring (bicyclic) bond motifs is 4. The van der Waals surface area contributed by atoms with Gasteiger partial charge < -0.3 is 20.3 Å². The van der Waals surface area contributed by atoms with Crippen molar-refractivity contribution in [2.45, 2.75) is 12.5 Å². The standard InChI is InChI=1S/C20H21N5O3/c26-19-13-8-25(9-14(22-19)11-28-10-13)18-15-6-7-21-20(27)16(15)23-17(24-18)12-4-2-1-3-5-12/h1-5,13-14H,6-11H2,(H,21,27)(H,22,26)/t13-,14+/m1/s1. The Morgan fingerprint density at radius 3 is 2.79 bits per heavy atom. The van der Waals surface area contributed by atoms with Crippen molar-refractivity contribution < 1.29 is 14.3 Å². The fourth-order valence-electron chi connectivity index (χ4n) is 4.06. The van der Waals surface area contributed by atoms with Crippen molar-refractivity contribution in [2.75, 3.05) is 37.7 Å². The Balaban J connectivity index is 1.63. The van der Waals surface area contributed by atoms with E-state index >= 15 is 0 Å². The summed E-state index contributed by atoms with van der Waals surface area (Å²) in [5.41, 5.74) is 2.15. The van der Waals surface area contributed by atoms with E-state index in [9.17, 15) is 9.59 Å². The van der Waals surface area contributed by atoms with Crippen molar-refractivity contribution in [1.82, 2.24) is 20.6 Å². The Bertz CT molecular complexity index is 933. The fraction of sp³-hybridized carbons (Fsp3) is 0.400. The molecule has 2 amide bonds. The van der Waals surface area contributed by atoms with Crippen LogP contribution in [0.5, 0.6) is 0 Å². The molecule has 3 aliphatic heterocycles. The number of amides is 2. The molecule has 0 spiro atoms. The quantitative estimate of drug-likeness (QED) is 0.783. The molecule has 2 bridgehead atoms. The van der Waals surface area contributed by atoms with Crippen LogP contribution in [0.25, 0.3) is 11.4 Å². The summed E-state index contributed by atoms with van der Waals surface area (Å²) in [6.45, 7) is 2.56. The Morgan fingerprint density at radius 2 is 1.93 bits per heavy atom. The second kappa shape index (κ2) is 6.87. The molecular formula is C20H21N5O3. The molecular weight excluding hydrogens is 358 g/mol. The number of carbonyl (C=O) groups is 2. The molecule has 0 unspecified atom stereocenters. The maximum Gasteiger partial charge on any atom is 0.270 e. The predicted octanol–water partition coefficient (Wildman–Crippen LogP) is 0.381. The molecule has 5 rings (SSSR count). The summed E-state index contributed by atoms with van der Waals surface area (Å²) in [6.07, 6.45) is 0.676. The lowest BCUT2D eigenvalue weighted by Gasteiger charge is -2.31. The summed E-state index contributed by atoms with van der Waals surface area (Å²) < 4.78 is 5.63. The predicted molar refractivity (Wildman–Crippen MR) is 102 cm³/mol. The van der Waals surface area contributed by atoms with Crippen molar-refractivity contribution >= 4 is 17.6 Å². The number of carbonyl (C=O) groups excluding carboxylic acids is 2. The van der Waals surface area contributed by atoms with Crippen molar-refractivity contribution in [3.8, 4) is 11.4 Å². The lowest BCUT2D eigenvalue weighted by Crippen LogP contribution is -2.43. The van der Waals surface area contributed by atoms with Crippen LogP contribution >= 0.6 is 0 Å². The van der Waals surface area contributed by atoms with E-state index < -0.39 is 0 Å². The van der Waals surface area contributed by atoms with Gasteiger partial charge in [-0.15, -0.1) is 0 Å². The van der Waals surface area contributed by atoms with Crippen LogP contribution in [0.15, 0.2) is 30.3 Å². The van der Waals surface area contributed by atoms with Crippen LogP contribution in [-0.2, 0) is 16.0 Å². The number of ether oxygens (including phenoxy) is 1. The van der Waals surface area contributed by atoms with Crippen LogP contribution in [0, 0.1) is 5.92 Å². The van der Waals surface area contributed by atoms with Crippen molar-refractivity contribution in [1.29, 1.82) is 0 Å². The van der Waals surface area contributed by atoms with E-state index in [-0.39, 0.29) is 23.8 Å². The second-order valence-electron chi connectivity index (χ2n) is 7.41. The Hall–Kier alpha value is -3.00. The maximum atomic E-state index is 12.5. The minimum absolute atomic E-state index is 0.0222. The highest BCUT2D eigenvalue weighted by Gasteiger charge is 2.36. The Labute approximate surface area is 162 Å². The zero-order valence-electron chi connectivity index (χ0n) is 15.4. The largest absolute Gasteiger partial charge is 0.378 e. The molecule has 8 nitrogen and oxygen atoms in total. The van der Waals surface area contributed by atoms with Crippen LogP contribution in [0.1, 0.15) is 16.1 Å². The molecule has 2 fully saturated rings. The molecule has 0 aliphatic carbocycles. The number of nitrogens with one attached hydrogen (secondary N) is 2. The van der Waals surface area contributed by atoms with E-state index in [0.29, 0.717) is 50.8 Å². The molecule has 1 aromatic carbocycles. The van der Waals surface area contributed by atoms with Crippen LogP contribution in [0.2, 0.25) is 0 Å². The summed E-state index contributed by atoms with van der Waals surface area (Å²) in [5, 5.41) is 5.92. The monoisotopic (exact) mass is 379 g/mol. The average Bonchev–Trinajstić information content (AvgIpc) is 2.97. The molecule has 2 saturated heterocycles. The van der Waals surface area contributed by atoms with Gasteiger partial charge in [0.05, 0.1) is 25.2 Å². The summed E-state index contributed by atoms with van der Waals surface area (Å²) in [7, 11) is 0. The molecule has 4 heterocycles. The Morgan fingerprint density at radius 1 is 1.07 bits per heavy atom. The van der Waals surface area contributed by atoms with Gasteiger partial charge in [0.1, 0.15) is 11.5 Å². The first-order valence-electron chi connectivity index (χ1n) is 9.56. The van der Waals surface area contributed by atoms with Gasteiger partial charge in [-0.25, -0.2) is 9.97 Å². The normalized spacial score (nSPS) is 24.1. The Kier molecular flexibility index (Phi) is 4.20. The molecule has 28 heavy (non-hydrogen) atoms. The number of hydrogen-bond acceptors (Lipinski definition) is 6. The average molecular weight is 379 g/mol. The third kappa shape index (κ3) is 2.99. The number of rotatable bonds is 2.